The molecule has 0 bridgehead atoms. The zero-order chi connectivity index (χ0) is 11.1. The first-order valence-electron chi connectivity index (χ1n) is 5.52. The zero-order valence-electron chi connectivity index (χ0n) is 9.54. The van der Waals surface area contributed by atoms with Crippen LogP contribution >= 0.6 is 11.6 Å². The Balaban J connectivity index is 2.64. The van der Waals surface area contributed by atoms with Crippen LogP contribution in [0.1, 0.15) is 25.1 Å². The van der Waals surface area contributed by atoms with E-state index in [1.807, 2.05) is 6.20 Å². The first-order valence-corrected chi connectivity index (χ1v) is 6.05. The van der Waals surface area contributed by atoms with E-state index >= 15 is 0 Å². The molecular weight excluding hydrogens is 208 g/mol. The summed E-state index contributed by atoms with van der Waals surface area (Å²) in [6.07, 6.45) is 2.73. The first kappa shape index (κ1) is 12.5. The summed E-state index contributed by atoms with van der Waals surface area (Å²) in [6, 6.07) is 4.23. The van der Waals surface area contributed by atoms with Crippen LogP contribution in [0.5, 0.6) is 0 Å². The predicted octanol–water partition coefficient (Wildman–Crippen LogP) is 2.70. The van der Waals surface area contributed by atoms with E-state index in [4.69, 9.17) is 11.6 Å². The van der Waals surface area contributed by atoms with E-state index in [0.717, 1.165) is 31.7 Å². The Morgan fingerprint density at radius 2 is 2.07 bits per heavy atom. The molecule has 0 saturated carbocycles. The van der Waals surface area contributed by atoms with Gasteiger partial charge in [0, 0.05) is 30.7 Å². The Hall–Kier alpha value is -0.600. The van der Waals surface area contributed by atoms with Crippen molar-refractivity contribution in [2.45, 2.75) is 26.8 Å². The third kappa shape index (κ3) is 4.18. The van der Waals surface area contributed by atoms with Gasteiger partial charge < -0.3 is 0 Å². The van der Waals surface area contributed by atoms with E-state index < -0.39 is 0 Å². The fourth-order valence-corrected chi connectivity index (χ4v) is 1.76. The molecule has 0 aliphatic carbocycles. The second-order valence-corrected chi connectivity index (χ2v) is 3.93. The van der Waals surface area contributed by atoms with Crippen LogP contribution < -0.4 is 0 Å². The van der Waals surface area contributed by atoms with Crippen LogP contribution in [-0.2, 0) is 13.0 Å². The highest BCUT2D eigenvalue weighted by molar-refractivity contribution is 6.17. The Morgan fingerprint density at radius 1 is 1.33 bits per heavy atom. The van der Waals surface area contributed by atoms with Crippen molar-refractivity contribution in [3.63, 3.8) is 0 Å². The standard InChI is InChI=1S/C12H19ClN2/c1-3-15(4-2)10-11-6-8-14-12(9-11)5-7-13/h6,8-9H,3-5,7,10H2,1-2H3. The Bertz CT molecular complexity index is 285. The topological polar surface area (TPSA) is 16.1 Å². The molecule has 1 heterocycles. The van der Waals surface area contributed by atoms with Crippen LogP contribution in [0, 0.1) is 0 Å². The predicted molar refractivity (Wildman–Crippen MR) is 65.3 cm³/mol. The summed E-state index contributed by atoms with van der Waals surface area (Å²) in [5.74, 6) is 0.641. The maximum absolute atomic E-state index is 5.70. The van der Waals surface area contributed by atoms with Crippen molar-refractivity contribution in [1.29, 1.82) is 0 Å². The molecule has 0 unspecified atom stereocenters. The average Bonchev–Trinajstić information content (AvgIpc) is 2.27. The smallest absolute Gasteiger partial charge is 0.0418 e. The van der Waals surface area contributed by atoms with Gasteiger partial charge in [-0.1, -0.05) is 13.8 Å². The molecule has 0 amide bonds. The molecule has 1 aromatic rings. The van der Waals surface area contributed by atoms with Crippen molar-refractivity contribution in [1.82, 2.24) is 9.88 Å². The van der Waals surface area contributed by atoms with Crippen LogP contribution in [0.15, 0.2) is 18.3 Å². The molecule has 0 aliphatic heterocycles. The number of hydrogen-bond donors (Lipinski definition) is 0. The highest BCUT2D eigenvalue weighted by Crippen LogP contribution is 2.06. The Labute approximate surface area is 97.3 Å². The molecule has 0 aliphatic rings. The van der Waals surface area contributed by atoms with E-state index in [-0.39, 0.29) is 0 Å². The van der Waals surface area contributed by atoms with Crippen LogP contribution in [0.4, 0.5) is 0 Å². The summed E-state index contributed by atoms with van der Waals surface area (Å²) >= 11 is 5.70. The highest BCUT2D eigenvalue weighted by Gasteiger charge is 2.02. The second kappa shape index (κ2) is 6.81. The third-order valence-corrected chi connectivity index (χ3v) is 2.72. The van der Waals surface area contributed by atoms with Crippen molar-refractivity contribution in [3.8, 4) is 0 Å². The molecule has 1 rings (SSSR count). The van der Waals surface area contributed by atoms with E-state index in [1.54, 1.807) is 0 Å². The van der Waals surface area contributed by atoms with Gasteiger partial charge in [0.15, 0.2) is 0 Å². The van der Waals surface area contributed by atoms with Crippen LogP contribution in [0.3, 0.4) is 0 Å². The number of halogens is 1. The van der Waals surface area contributed by atoms with Gasteiger partial charge >= 0.3 is 0 Å². The maximum atomic E-state index is 5.70. The quantitative estimate of drug-likeness (QED) is 0.694. The summed E-state index contributed by atoms with van der Waals surface area (Å²) in [5.41, 5.74) is 2.42. The van der Waals surface area contributed by atoms with Crippen LogP contribution in [0.2, 0.25) is 0 Å². The first-order chi connectivity index (χ1) is 7.30. The molecule has 0 aromatic carbocycles. The SMILES string of the molecule is CCN(CC)Cc1ccnc(CCCl)c1. The third-order valence-electron chi connectivity index (χ3n) is 2.53. The second-order valence-electron chi connectivity index (χ2n) is 3.56. The molecule has 1 aromatic heterocycles. The molecule has 0 radical (unpaired) electrons. The van der Waals surface area contributed by atoms with E-state index in [0.29, 0.717) is 5.88 Å². The van der Waals surface area contributed by atoms with Crippen LogP contribution in [0.25, 0.3) is 0 Å². The molecule has 2 nitrogen and oxygen atoms in total. The van der Waals surface area contributed by atoms with Gasteiger partial charge in [0.1, 0.15) is 0 Å². The molecule has 84 valence electrons. The number of aromatic nitrogens is 1. The number of pyridine rings is 1. The molecule has 15 heavy (non-hydrogen) atoms. The Kier molecular flexibility index (Phi) is 5.66. The number of nitrogens with zero attached hydrogens (tertiary/aromatic N) is 2. The minimum atomic E-state index is 0.641. The zero-order valence-corrected chi connectivity index (χ0v) is 10.3. The normalized spacial score (nSPS) is 10.9. The monoisotopic (exact) mass is 226 g/mol. The van der Waals surface area contributed by atoms with Gasteiger partial charge in [-0.3, -0.25) is 9.88 Å². The minimum Gasteiger partial charge on any atom is -0.300 e. The lowest BCUT2D eigenvalue weighted by molar-refractivity contribution is 0.295. The fourth-order valence-electron chi connectivity index (χ4n) is 1.57. The van der Waals surface area contributed by atoms with Gasteiger partial charge in [-0.05, 0) is 30.8 Å². The van der Waals surface area contributed by atoms with Crippen molar-refractivity contribution in [2.24, 2.45) is 0 Å². The lowest BCUT2D eigenvalue weighted by Gasteiger charge is -2.18. The summed E-state index contributed by atoms with van der Waals surface area (Å²) in [6.45, 7) is 7.55. The minimum absolute atomic E-state index is 0.641. The number of aryl methyl sites for hydroxylation is 1. The van der Waals surface area contributed by atoms with Gasteiger partial charge in [0.05, 0.1) is 0 Å². The lowest BCUT2D eigenvalue weighted by atomic mass is 10.2. The largest absolute Gasteiger partial charge is 0.300 e. The highest BCUT2D eigenvalue weighted by atomic mass is 35.5. The maximum Gasteiger partial charge on any atom is 0.0418 e. The molecular formula is C12H19ClN2. The average molecular weight is 227 g/mol. The van der Waals surface area contributed by atoms with E-state index in [9.17, 15) is 0 Å². The number of hydrogen-bond acceptors (Lipinski definition) is 2. The van der Waals surface area contributed by atoms with Gasteiger partial charge in [0.2, 0.25) is 0 Å². The van der Waals surface area contributed by atoms with Gasteiger partial charge in [0.25, 0.3) is 0 Å². The molecule has 0 saturated heterocycles. The van der Waals surface area contributed by atoms with Gasteiger partial charge in [-0.2, -0.15) is 0 Å². The molecule has 0 N–H and O–H groups in total. The number of alkyl halides is 1. The summed E-state index contributed by atoms with van der Waals surface area (Å²) in [7, 11) is 0. The molecule has 0 fully saturated rings. The molecule has 0 atom stereocenters. The van der Waals surface area contributed by atoms with Gasteiger partial charge in [-0.15, -0.1) is 11.6 Å². The van der Waals surface area contributed by atoms with Crippen LogP contribution in [-0.4, -0.2) is 28.9 Å². The van der Waals surface area contributed by atoms with Crippen molar-refractivity contribution in [3.05, 3.63) is 29.6 Å². The van der Waals surface area contributed by atoms with E-state index in [2.05, 4.69) is 35.9 Å². The summed E-state index contributed by atoms with van der Waals surface area (Å²) < 4.78 is 0. The Morgan fingerprint density at radius 3 is 2.67 bits per heavy atom. The van der Waals surface area contributed by atoms with Crippen molar-refractivity contribution < 1.29 is 0 Å². The lowest BCUT2D eigenvalue weighted by Crippen LogP contribution is -2.22. The molecule has 0 spiro atoms. The molecule has 3 heteroatoms. The van der Waals surface area contributed by atoms with Crippen molar-refractivity contribution in [2.75, 3.05) is 19.0 Å². The fraction of sp³-hybridized carbons (Fsp3) is 0.583. The summed E-state index contributed by atoms with van der Waals surface area (Å²) in [4.78, 5) is 6.67. The van der Waals surface area contributed by atoms with Gasteiger partial charge in [-0.25, -0.2) is 0 Å². The summed E-state index contributed by atoms with van der Waals surface area (Å²) in [5, 5.41) is 0. The van der Waals surface area contributed by atoms with E-state index in [1.165, 1.54) is 5.56 Å². The number of rotatable bonds is 6. The van der Waals surface area contributed by atoms with Crippen molar-refractivity contribution >= 4 is 11.6 Å².